The van der Waals surface area contributed by atoms with Crippen molar-refractivity contribution in [1.82, 2.24) is 29.5 Å². The summed E-state index contributed by atoms with van der Waals surface area (Å²) in [7, 11) is 0. The second-order valence-corrected chi connectivity index (χ2v) is 6.36. The van der Waals surface area contributed by atoms with Gasteiger partial charge in [0.1, 0.15) is 17.8 Å². The Morgan fingerprint density at radius 2 is 2.08 bits per heavy atom. The monoisotopic (exact) mass is 348 g/mol. The summed E-state index contributed by atoms with van der Waals surface area (Å²) in [5.74, 6) is 0.901. The van der Waals surface area contributed by atoms with Crippen molar-refractivity contribution in [3.63, 3.8) is 0 Å². The number of amides is 1. The lowest BCUT2D eigenvalue weighted by atomic mass is 10.3. The first kappa shape index (κ1) is 16.9. The Bertz CT molecular complexity index is 686. The number of hydrogen-bond acceptors (Lipinski definition) is 5. The van der Waals surface area contributed by atoms with Crippen LogP contribution < -0.4 is 0 Å². The molecule has 7 nitrogen and oxygen atoms in total. The van der Waals surface area contributed by atoms with Crippen molar-refractivity contribution in [3.8, 4) is 0 Å². The fourth-order valence-corrected chi connectivity index (χ4v) is 2.96. The molecule has 8 heteroatoms. The Morgan fingerprint density at radius 3 is 2.79 bits per heavy atom. The highest BCUT2D eigenvalue weighted by atomic mass is 35.5. The van der Waals surface area contributed by atoms with E-state index in [1.54, 1.807) is 18.5 Å². The molecule has 0 N–H and O–H groups in total. The highest BCUT2D eigenvalue weighted by Gasteiger charge is 2.21. The van der Waals surface area contributed by atoms with E-state index in [0.29, 0.717) is 17.3 Å². The van der Waals surface area contributed by atoms with Gasteiger partial charge >= 0.3 is 0 Å². The molecule has 1 aliphatic heterocycles. The van der Waals surface area contributed by atoms with Crippen LogP contribution in [0, 0.1) is 6.92 Å². The van der Waals surface area contributed by atoms with E-state index in [2.05, 4.69) is 20.1 Å². The molecular formula is C16H21ClN6O. The van der Waals surface area contributed by atoms with Gasteiger partial charge in [0.25, 0.3) is 5.91 Å². The van der Waals surface area contributed by atoms with Gasteiger partial charge in [0.15, 0.2) is 0 Å². The molecule has 3 heterocycles. The van der Waals surface area contributed by atoms with Gasteiger partial charge in [-0.2, -0.15) is 0 Å². The minimum atomic E-state index is -0.0248. The molecule has 1 saturated heterocycles. The molecule has 0 aliphatic carbocycles. The normalized spacial score (nSPS) is 16.2. The standard InChI is InChI=1S/C16H21ClN6O/c1-13-20-19-12-23(13)10-8-21-5-2-6-22(9-7-21)16(24)15-4-3-14(17)11-18-15/h3-4,11-12H,2,5-10H2,1H3. The zero-order valence-corrected chi connectivity index (χ0v) is 14.5. The third-order valence-electron chi connectivity index (χ3n) is 4.29. The Balaban J connectivity index is 1.53. The molecule has 2 aromatic heterocycles. The van der Waals surface area contributed by atoms with Crippen LogP contribution in [0.5, 0.6) is 0 Å². The highest BCUT2D eigenvalue weighted by molar-refractivity contribution is 6.30. The summed E-state index contributed by atoms with van der Waals surface area (Å²) in [6.45, 7) is 7.07. The van der Waals surface area contributed by atoms with E-state index in [1.165, 1.54) is 6.20 Å². The predicted molar refractivity (Wildman–Crippen MR) is 91.0 cm³/mol. The van der Waals surface area contributed by atoms with E-state index in [9.17, 15) is 4.79 Å². The Labute approximate surface area is 146 Å². The van der Waals surface area contributed by atoms with E-state index >= 15 is 0 Å². The summed E-state index contributed by atoms with van der Waals surface area (Å²) in [6.07, 6.45) is 4.23. The first-order chi connectivity index (χ1) is 11.6. The van der Waals surface area contributed by atoms with Gasteiger partial charge in [-0.15, -0.1) is 10.2 Å². The van der Waals surface area contributed by atoms with Crippen molar-refractivity contribution in [3.05, 3.63) is 41.2 Å². The summed E-state index contributed by atoms with van der Waals surface area (Å²) in [5, 5.41) is 8.44. The lowest BCUT2D eigenvalue weighted by Gasteiger charge is -2.22. The number of nitrogens with zero attached hydrogens (tertiary/aromatic N) is 6. The molecular weight excluding hydrogens is 328 g/mol. The minimum absolute atomic E-state index is 0.0248. The maximum atomic E-state index is 12.5. The van der Waals surface area contributed by atoms with Crippen molar-refractivity contribution < 1.29 is 4.79 Å². The van der Waals surface area contributed by atoms with Crippen molar-refractivity contribution in [1.29, 1.82) is 0 Å². The van der Waals surface area contributed by atoms with Crippen molar-refractivity contribution in [2.45, 2.75) is 19.9 Å². The van der Waals surface area contributed by atoms with Gasteiger partial charge in [0, 0.05) is 38.9 Å². The molecule has 1 fully saturated rings. The number of halogens is 1. The van der Waals surface area contributed by atoms with E-state index in [4.69, 9.17) is 11.6 Å². The maximum absolute atomic E-state index is 12.5. The van der Waals surface area contributed by atoms with Crippen LogP contribution in [-0.4, -0.2) is 68.2 Å². The van der Waals surface area contributed by atoms with Crippen molar-refractivity contribution >= 4 is 17.5 Å². The van der Waals surface area contributed by atoms with E-state index in [-0.39, 0.29) is 5.91 Å². The zero-order valence-electron chi connectivity index (χ0n) is 13.7. The van der Waals surface area contributed by atoms with E-state index in [1.807, 2.05) is 16.4 Å². The average molecular weight is 349 g/mol. The molecule has 2 aromatic rings. The predicted octanol–water partition coefficient (Wildman–Crippen LogP) is 1.48. The minimum Gasteiger partial charge on any atom is -0.336 e. The van der Waals surface area contributed by atoms with Crippen LogP contribution in [-0.2, 0) is 6.54 Å². The third kappa shape index (κ3) is 4.10. The summed E-state index contributed by atoms with van der Waals surface area (Å²) in [5.41, 5.74) is 0.452. The molecule has 0 saturated carbocycles. The number of aryl methyl sites for hydroxylation is 1. The Kier molecular flexibility index (Phi) is 5.42. The third-order valence-corrected chi connectivity index (χ3v) is 4.51. The number of carbonyl (C=O) groups excluding carboxylic acids is 1. The maximum Gasteiger partial charge on any atom is 0.272 e. The number of aromatic nitrogens is 4. The summed E-state index contributed by atoms with van der Waals surface area (Å²) in [4.78, 5) is 20.9. The van der Waals surface area contributed by atoms with E-state index in [0.717, 1.165) is 45.0 Å². The summed E-state index contributed by atoms with van der Waals surface area (Å²) >= 11 is 5.83. The quantitative estimate of drug-likeness (QED) is 0.837. The molecule has 0 radical (unpaired) electrons. The first-order valence-electron chi connectivity index (χ1n) is 8.11. The molecule has 0 atom stereocenters. The van der Waals surface area contributed by atoms with Gasteiger partial charge < -0.3 is 9.47 Å². The van der Waals surface area contributed by atoms with Crippen LogP contribution >= 0.6 is 11.6 Å². The van der Waals surface area contributed by atoms with Crippen LogP contribution in [0.4, 0.5) is 0 Å². The van der Waals surface area contributed by atoms with Gasteiger partial charge in [-0.05, 0) is 32.0 Å². The zero-order chi connectivity index (χ0) is 16.9. The molecule has 3 rings (SSSR count). The topological polar surface area (TPSA) is 67.2 Å². The lowest BCUT2D eigenvalue weighted by molar-refractivity contribution is 0.0755. The van der Waals surface area contributed by atoms with Crippen LogP contribution in [0.15, 0.2) is 24.7 Å². The molecule has 1 aliphatic rings. The molecule has 128 valence electrons. The Morgan fingerprint density at radius 1 is 1.21 bits per heavy atom. The van der Waals surface area contributed by atoms with Crippen LogP contribution in [0.1, 0.15) is 22.7 Å². The Hall–Kier alpha value is -1.99. The highest BCUT2D eigenvalue weighted by Crippen LogP contribution is 2.11. The molecule has 0 unspecified atom stereocenters. The number of rotatable bonds is 4. The van der Waals surface area contributed by atoms with Crippen LogP contribution in [0.2, 0.25) is 5.02 Å². The molecule has 0 spiro atoms. The average Bonchev–Trinajstić information content (AvgIpc) is 2.85. The van der Waals surface area contributed by atoms with Gasteiger partial charge in [-0.1, -0.05) is 11.6 Å². The van der Waals surface area contributed by atoms with Gasteiger partial charge in [-0.3, -0.25) is 9.69 Å². The summed E-state index contributed by atoms with van der Waals surface area (Å²) < 4.78 is 2.05. The van der Waals surface area contributed by atoms with Gasteiger partial charge in [0.2, 0.25) is 0 Å². The number of hydrogen-bond donors (Lipinski definition) is 0. The van der Waals surface area contributed by atoms with Crippen molar-refractivity contribution in [2.75, 3.05) is 32.7 Å². The van der Waals surface area contributed by atoms with Crippen LogP contribution in [0.3, 0.4) is 0 Å². The van der Waals surface area contributed by atoms with E-state index < -0.39 is 0 Å². The fourth-order valence-electron chi connectivity index (χ4n) is 2.84. The lowest BCUT2D eigenvalue weighted by Crippen LogP contribution is -2.36. The summed E-state index contributed by atoms with van der Waals surface area (Å²) in [6, 6.07) is 3.38. The second kappa shape index (κ2) is 7.72. The molecule has 0 bridgehead atoms. The molecule has 0 aromatic carbocycles. The SMILES string of the molecule is Cc1nncn1CCN1CCCN(C(=O)c2ccc(Cl)cn2)CC1. The number of pyridine rings is 1. The first-order valence-corrected chi connectivity index (χ1v) is 8.49. The van der Waals surface area contributed by atoms with Crippen LogP contribution in [0.25, 0.3) is 0 Å². The fraction of sp³-hybridized carbons (Fsp3) is 0.500. The van der Waals surface area contributed by atoms with Crippen molar-refractivity contribution in [2.24, 2.45) is 0 Å². The smallest absolute Gasteiger partial charge is 0.272 e. The van der Waals surface area contributed by atoms with Gasteiger partial charge in [-0.25, -0.2) is 4.98 Å². The molecule has 24 heavy (non-hydrogen) atoms. The van der Waals surface area contributed by atoms with Gasteiger partial charge in [0.05, 0.1) is 5.02 Å². The molecule has 1 amide bonds. The second-order valence-electron chi connectivity index (χ2n) is 5.92. The number of carbonyl (C=O) groups is 1. The largest absolute Gasteiger partial charge is 0.336 e.